The number of alkyl halides is 2. The predicted molar refractivity (Wildman–Crippen MR) is 124 cm³/mol. The molecule has 0 aromatic carbocycles. The summed E-state index contributed by atoms with van der Waals surface area (Å²) in [4.78, 5) is 23.2. The number of ether oxygens (including phenoxy) is 4. The van der Waals surface area contributed by atoms with Gasteiger partial charge in [-0.15, -0.1) is 0 Å². The van der Waals surface area contributed by atoms with Crippen LogP contribution in [-0.2, 0) is 38.7 Å². The average molecular weight is 539 g/mol. The molecule has 0 amide bonds. The zero-order valence-corrected chi connectivity index (χ0v) is 21.6. The molecule has 0 aromatic rings. The van der Waals surface area contributed by atoms with E-state index in [9.17, 15) is 26.8 Å². The molecule has 4 aliphatic carbocycles. The lowest BCUT2D eigenvalue weighted by Crippen LogP contribution is -2.59. The summed E-state index contributed by atoms with van der Waals surface area (Å²) in [6.07, 6.45) is 5.45. The molecule has 3 unspecified atom stereocenters. The lowest BCUT2D eigenvalue weighted by Gasteiger charge is -2.61. The van der Waals surface area contributed by atoms with Gasteiger partial charge in [0.05, 0.1) is 18.8 Å². The highest BCUT2D eigenvalue weighted by molar-refractivity contribution is 7.87. The van der Waals surface area contributed by atoms with Crippen molar-refractivity contribution in [3.05, 3.63) is 12.2 Å². The molecule has 4 aliphatic rings. The highest BCUT2D eigenvalue weighted by Gasteiger charge is 2.59. The summed E-state index contributed by atoms with van der Waals surface area (Å²) >= 11 is 0. The standard InChI is InChI=1S/C24H36F2O9S/c1-16(2)21(28)33-7-5-4-6-32-17(3)34-15-22-9-18-8-19(10-22)12-23(11-18,14-22)35-13-20(27)24(25,26)36(29,30)31/h17-19H,1,4-15H2,2-3H3,(H,29,30,31). The van der Waals surface area contributed by atoms with Gasteiger partial charge in [0.1, 0.15) is 6.61 Å². The second-order valence-electron chi connectivity index (χ2n) is 10.7. The molecular weight excluding hydrogens is 502 g/mol. The Hall–Kier alpha value is -1.47. The molecule has 0 aromatic heterocycles. The van der Waals surface area contributed by atoms with Gasteiger partial charge in [0.15, 0.2) is 6.29 Å². The summed E-state index contributed by atoms with van der Waals surface area (Å²) in [5, 5.41) is -4.89. The van der Waals surface area contributed by atoms with Crippen molar-refractivity contribution >= 4 is 21.9 Å². The number of carbonyl (C=O) groups is 2. The molecule has 1 N–H and O–H groups in total. The van der Waals surface area contributed by atoms with Crippen molar-refractivity contribution in [2.24, 2.45) is 17.3 Å². The Bertz CT molecular complexity index is 935. The van der Waals surface area contributed by atoms with E-state index in [1.165, 1.54) is 0 Å². The van der Waals surface area contributed by atoms with Gasteiger partial charge in [0.25, 0.3) is 0 Å². The number of hydrogen-bond donors (Lipinski definition) is 1. The molecule has 4 saturated carbocycles. The van der Waals surface area contributed by atoms with Crippen LogP contribution in [0.1, 0.15) is 65.2 Å². The minimum absolute atomic E-state index is 0.229. The van der Waals surface area contributed by atoms with Gasteiger partial charge in [0.2, 0.25) is 5.78 Å². The molecule has 9 nitrogen and oxygen atoms in total. The van der Waals surface area contributed by atoms with Crippen LogP contribution in [0.15, 0.2) is 12.2 Å². The number of carbonyl (C=O) groups excluding carboxylic acids is 2. The molecule has 4 rings (SSSR count). The number of ketones is 1. The molecule has 36 heavy (non-hydrogen) atoms. The Morgan fingerprint density at radius 3 is 2.31 bits per heavy atom. The van der Waals surface area contributed by atoms with E-state index >= 15 is 0 Å². The van der Waals surface area contributed by atoms with Crippen molar-refractivity contribution in [3.8, 4) is 0 Å². The van der Waals surface area contributed by atoms with Gasteiger partial charge >= 0.3 is 21.3 Å². The SMILES string of the molecule is C=C(C)C(=O)OCCCCOC(C)OCC12CC3CC(C1)CC(OCC(=O)C(F)(F)S(=O)(=O)O)(C3)C2. The van der Waals surface area contributed by atoms with Crippen LogP contribution in [0.25, 0.3) is 0 Å². The van der Waals surface area contributed by atoms with Crippen LogP contribution in [0.2, 0.25) is 0 Å². The zero-order chi connectivity index (χ0) is 26.8. The van der Waals surface area contributed by atoms with Crippen molar-refractivity contribution in [1.29, 1.82) is 0 Å². The fourth-order valence-electron chi connectivity index (χ4n) is 6.23. The Labute approximate surface area is 210 Å². The summed E-state index contributed by atoms with van der Waals surface area (Å²) < 4.78 is 80.2. The minimum atomic E-state index is -5.85. The van der Waals surface area contributed by atoms with Crippen LogP contribution >= 0.6 is 0 Å². The van der Waals surface area contributed by atoms with Crippen LogP contribution in [0.5, 0.6) is 0 Å². The van der Waals surface area contributed by atoms with Gasteiger partial charge in [-0.1, -0.05) is 6.58 Å². The Kier molecular flexibility index (Phi) is 8.97. The summed E-state index contributed by atoms with van der Waals surface area (Å²) in [5.41, 5.74) is -0.663. The van der Waals surface area contributed by atoms with E-state index in [0.29, 0.717) is 62.7 Å². The van der Waals surface area contributed by atoms with E-state index in [4.69, 9.17) is 23.5 Å². The monoisotopic (exact) mass is 538 g/mol. The Morgan fingerprint density at radius 1 is 1.11 bits per heavy atom. The number of hydrogen-bond acceptors (Lipinski definition) is 8. The fraction of sp³-hybridized carbons (Fsp3) is 0.833. The van der Waals surface area contributed by atoms with Gasteiger partial charge < -0.3 is 18.9 Å². The number of esters is 1. The topological polar surface area (TPSA) is 125 Å². The fourth-order valence-corrected chi connectivity index (χ4v) is 6.58. The molecule has 3 atom stereocenters. The molecule has 12 heteroatoms. The summed E-state index contributed by atoms with van der Waals surface area (Å²) in [6.45, 7) is 6.95. The van der Waals surface area contributed by atoms with Crippen molar-refractivity contribution < 1.29 is 50.3 Å². The highest BCUT2D eigenvalue weighted by atomic mass is 32.2. The lowest BCUT2D eigenvalue weighted by atomic mass is 9.48. The molecule has 0 saturated heterocycles. The van der Waals surface area contributed by atoms with Crippen molar-refractivity contribution in [2.45, 2.75) is 82.4 Å². The van der Waals surface area contributed by atoms with Gasteiger partial charge in [-0.3, -0.25) is 9.35 Å². The highest BCUT2D eigenvalue weighted by Crippen LogP contribution is 2.63. The smallest absolute Gasteiger partial charge is 0.429 e. The molecule has 4 bridgehead atoms. The number of rotatable bonds is 15. The van der Waals surface area contributed by atoms with Crippen molar-refractivity contribution in [3.63, 3.8) is 0 Å². The molecular formula is C24H36F2O9S. The second kappa shape index (κ2) is 11.1. The molecule has 0 heterocycles. The molecule has 0 spiro atoms. The van der Waals surface area contributed by atoms with E-state index in [-0.39, 0.29) is 12.0 Å². The number of Topliss-reactive ketones (excluding diaryl/α,β-unsaturated/α-hetero) is 1. The Morgan fingerprint density at radius 2 is 1.72 bits per heavy atom. The third-order valence-corrected chi connectivity index (χ3v) is 8.26. The number of unbranched alkanes of at least 4 members (excludes halogenated alkanes) is 1. The third kappa shape index (κ3) is 6.89. The van der Waals surface area contributed by atoms with E-state index in [2.05, 4.69) is 6.58 Å². The summed E-state index contributed by atoms with van der Waals surface area (Å²) in [5.74, 6) is -1.76. The second-order valence-corrected chi connectivity index (χ2v) is 12.2. The van der Waals surface area contributed by atoms with Crippen LogP contribution in [-0.4, -0.2) is 68.3 Å². The predicted octanol–water partition coefficient (Wildman–Crippen LogP) is 3.67. The van der Waals surface area contributed by atoms with Crippen molar-refractivity contribution in [2.75, 3.05) is 26.4 Å². The summed E-state index contributed by atoms with van der Waals surface area (Å²) in [6, 6.07) is 0. The van der Waals surface area contributed by atoms with E-state index in [1.54, 1.807) is 13.8 Å². The first kappa shape index (κ1) is 29.1. The molecule has 0 aliphatic heterocycles. The molecule has 206 valence electrons. The van der Waals surface area contributed by atoms with Gasteiger partial charge in [0, 0.05) is 12.2 Å². The molecule has 0 radical (unpaired) electrons. The molecule has 4 fully saturated rings. The van der Waals surface area contributed by atoms with Crippen molar-refractivity contribution in [1.82, 2.24) is 0 Å². The zero-order valence-electron chi connectivity index (χ0n) is 20.8. The normalized spacial score (nSPS) is 30.2. The Balaban J connectivity index is 1.46. The quantitative estimate of drug-likeness (QED) is 0.109. The third-order valence-electron chi connectivity index (χ3n) is 7.38. The van der Waals surface area contributed by atoms with Gasteiger partial charge in [-0.25, -0.2) is 4.79 Å². The van der Waals surface area contributed by atoms with Crippen LogP contribution in [0, 0.1) is 17.3 Å². The maximum Gasteiger partial charge on any atom is 0.429 e. The number of halogens is 2. The van der Waals surface area contributed by atoms with Crippen LogP contribution in [0.3, 0.4) is 0 Å². The van der Waals surface area contributed by atoms with Crippen LogP contribution < -0.4 is 0 Å². The van der Waals surface area contributed by atoms with E-state index < -0.39 is 45.6 Å². The van der Waals surface area contributed by atoms with E-state index in [0.717, 1.165) is 19.3 Å². The first-order valence-corrected chi connectivity index (χ1v) is 13.7. The summed E-state index contributed by atoms with van der Waals surface area (Å²) in [7, 11) is -5.85. The van der Waals surface area contributed by atoms with Gasteiger partial charge in [-0.2, -0.15) is 17.2 Å². The van der Waals surface area contributed by atoms with E-state index in [1.807, 2.05) is 0 Å². The maximum absolute atomic E-state index is 13.7. The first-order chi connectivity index (χ1) is 16.7. The minimum Gasteiger partial charge on any atom is -0.462 e. The largest absolute Gasteiger partial charge is 0.462 e. The van der Waals surface area contributed by atoms with Gasteiger partial charge in [-0.05, 0) is 82.5 Å². The first-order valence-electron chi connectivity index (χ1n) is 12.2. The van der Waals surface area contributed by atoms with Crippen LogP contribution in [0.4, 0.5) is 8.78 Å². The maximum atomic E-state index is 13.7. The lowest BCUT2D eigenvalue weighted by molar-refractivity contribution is -0.226. The average Bonchev–Trinajstić information content (AvgIpc) is 2.76.